The predicted molar refractivity (Wildman–Crippen MR) is 222 cm³/mol. The van der Waals surface area contributed by atoms with E-state index in [0.717, 1.165) is 48.2 Å². The van der Waals surface area contributed by atoms with Crippen molar-refractivity contribution in [1.82, 2.24) is 28.4 Å². The summed E-state index contributed by atoms with van der Waals surface area (Å²) < 4.78 is 46.7. The van der Waals surface area contributed by atoms with Crippen LogP contribution in [-0.2, 0) is 22.8 Å². The van der Waals surface area contributed by atoms with Crippen LogP contribution in [0.1, 0.15) is 84.0 Å². The van der Waals surface area contributed by atoms with Crippen molar-refractivity contribution in [3.05, 3.63) is 117 Å². The lowest BCUT2D eigenvalue weighted by atomic mass is 9.91. The summed E-state index contributed by atoms with van der Waals surface area (Å²) in [4.78, 5) is 31.1. The highest BCUT2D eigenvalue weighted by Gasteiger charge is 2.37. The van der Waals surface area contributed by atoms with Crippen molar-refractivity contribution in [2.24, 2.45) is 7.05 Å². The molecular formula is C44H50FN6O5P. The molecule has 0 N–H and O–H groups in total. The topological polar surface area (TPSA) is 106 Å². The molecule has 1 fully saturated rings. The van der Waals surface area contributed by atoms with E-state index < -0.39 is 13.2 Å². The van der Waals surface area contributed by atoms with Gasteiger partial charge in [-0.2, -0.15) is 5.10 Å². The molecule has 3 aromatic heterocycles. The van der Waals surface area contributed by atoms with Gasteiger partial charge in [0.25, 0.3) is 5.91 Å². The molecule has 0 bridgehead atoms. The van der Waals surface area contributed by atoms with E-state index in [1.807, 2.05) is 43.4 Å². The minimum Gasteiger partial charge on any atom is -0.496 e. The molecule has 2 aliphatic rings. The average Bonchev–Trinajstić information content (AvgIpc) is 3.91. The Labute approximate surface area is 332 Å². The molecule has 6 aromatic rings. The minimum absolute atomic E-state index is 0.111. The summed E-state index contributed by atoms with van der Waals surface area (Å²) >= 11 is 0. The number of methoxy groups -OCH3 is 1. The standard InChI is InChI=1S/C44H50FN6O5P/c1-8-57(54,9-2)39-13-11-33(26-38(39)55-7)49-18-19-50(44(49)53)42-40-29(5)48(17-14-35(40)46-51(42)34-22-27(3)41(45)28(4)23-34)43(52)37-25-32-24-31(10-12-36(32)47(37)6)30-15-20-56-21-16-30/h10-13,18-19,22-26,29-30H,8-9,14-17,20-21H2,1-7H3/t29-/m0/s1. The Hall–Kier alpha value is -5.19. The first-order valence-electron chi connectivity index (χ1n) is 19.8. The molecule has 0 saturated carbocycles. The summed E-state index contributed by atoms with van der Waals surface area (Å²) in [5.41, 5.74) is 6.04. The number of aryl methyl sites for hydroxylation is 3. The average molecular weight is 793 g/mol. The first-order valence-corrected chi connectivity index (χ1v) is 21.9. The molecule has 5 heterocycles. The van der Waals surface area contributed by atoms with Crippen molar-refractivity contribution >= 4 is 29.3 Å². The van der Waals surface area contributed by atoms with Gasteiger partial charge in [-0.25, -0.2) is 13.9 Å². The highest BCUT2D eigenvalue weighted by Crippen LogP contribution is 2.46. The Morgan fingerprint density at radius 2 is 1.67 bits per heavy atom. The number of ether oxygens (including phenoxy) is 2. The number of nitrogens with zero attached hydrogens (tertiary/aromatic N) is 6. The lowest BCUT2D eigenvalue weighted by molar-refractivity contribution is 0.0667. The fourth-order valence-corrected chi connectivity index (χ4v) is 10.9. The van der Waals surface area contributed by atoms with Gasteiger partial charge in [0.15, 0.2) is 0 Å². The van der Waals surface area contributed by atoms with Gasteiger partial charge in [0.1, 0.15) is 30.2 Å². The monoisotopic (exact) mass is 792 g/mol. The predicted octanol–water partition coefficient (Wildman–Crippen LogP) is 7.75. The fourth-order valence-electron chi connectivity index (χ4n) is 8.85. The van der Waals surface area contributed by atoms with E-state index in [0.29, 0.717) is 76.3 Å². The number of benzene rings is 3. The van der Waals surface area contributed by atoms with Gasteiger partial charge in [0, 0.05) is 80.5 Å². The van der Waals surface area contributed by atoms with Crippen LogP contribution in [0.5, 0.6) is 5.75 Å². The molecule has 1 saturated heterocycles. The van der Waals surface area contributed by atoms with Crippen LogP contribution in [0.15, 0.2) is 71.8 Å². The number of amides is 1. The van der Waals surface area contributed by atoms with E-state index in [1.165, 1.54) is 10.1 Å². The van der Waals surface area contributed by atoms with Crippen LogP contribution in [0.3, 0.4) is 0 Å². The Morgan fingerprint density at radius 1 is 0.965 bits per heavy atom. The maximum absolute atomic E-state index is 15.0. The number of fused-ring (bicyclic) bond motifs is 2. The first kappa shape index (κ1) is 38.7. The molecule has 3 aromatic carbocycles. The van der Waals surface area contributed by atoms with E-state index >= 15 is 0 Å². The molecular weight excluding hydrogens is 742 g/mol. The maximum Gasteiger partial charge on any atom is 0.338 e. The van der Waals surface area contributed by atoms with E-state index in [2.05, 4.69) is 18.2 Å². The van der Waals surface area contributed by atoms with Crippen LogP contribution >= 0.6 is 7.14 Å². The molecule has 1 atom stereocenters. The second kappa shape index (κ2) is 15.0. The third kappa shape index (κ3) is 6.47. The number of rotatable bonds is 9. The molecule has 0 aliphatic carbocycles. The molecule has 1 amide bonds. The van der Waals surface area contributed by atoms with Crippen molar-refractivity contribution in [3.63, 3.8) is 0 Å². The summed E-state index contributed by atoms with van der Waals surface area (Å²) in [7, 11) is 0.804. The van der Waals surface area contributed by atoms with E-state index in [1.54, 1.807) is 72.9 Å². The quantitative estimate of drug-likeness (QED) is 0.139. The number of halogens is 1. The van der Waals surface area contributed by atoms with Crippen LogP contribution in [0.2, 0.25) is 0 Å². The smallest absolute Gasteiger partial charge is 0.338 e. The third-order valence-electron chi connectivity index (χ3n) is 12.3. The summed E-state index contributed by atoms with van der Waals surface area (Å²) in [5, 5.41) is 6.74. The van der Waals surface area contributed by atoms with Crippen molar-refractivity contribution in [3.8, 4) is 22.9 Å². The van der Waals surface area contributed by atoms with Gasteiger partial charge in [0.05, 0.1) is 35.5 Å². The first-order chi connectivity index (χ1) is 27.4. The SMILES string of the molecule is CCP(=O)(CC)c1ccc(-n2ccn(-c3c4c(nn3-c3cc(C)c(F)c(C)c3)CCN(C(=O)c3cc5cc(C6CCOCC6)ccc5n3C)[C@H]4C)c2=O)cc1OC. The van der Waals surface area contributed by atoms with Crippen LogP contribution in [-0.4, -0.2) is 73.5 Å². The van der Waals surface area contributed by atoms with Crippen molar-refractivity contribution in [2.75, 3.05) is 39.2 Å². The number of hydrogen-bond acceptors (Lipinski definition) is 6. The highest BCUT2D eigenvalue weighted by molar-refractivity contribution is 7.71. The zero-order valence-electron chi connectivity index (χ0n) is 33.7. The minimum atomic E-state index is -2.67. The number of carbonyl (C=O) groups is 1. The van der Waals surface area contributed by atoms with Crippen LogP contribution in [0.25, 0.3) is 28.1 Å². The number of carbonyl (C=O) groups excluding carboxylic acids is 1. The Balaban J connectivity index is 1.22. The maximum atomic E-state index is 15.0. The lowest BCUT2D eigenvalue weighted by Crippen LogP contribution is -2.40. The Morgan fingerprint density at radius 3 is 2.35 bits per heavy atom. The van der Waals surface area contributed by atoms with E-state index in [4.69, 9.17) is 14.6 Å². The number of aromatic nitrogens is 5. The third-order valence-corrected chi connectivity index (χ3v) is 15.6. The molecule has 57 heavy (non-hydrogen) atoms. The second-order valence-electron chi connectivity index (χ2n) is 15.4. The normalized spacial score (nSPS) is 16.4. The summed E-state index contributed by atoms with van der Waals surface area (Å²) in [6, 6.07) is 16.8. The zero-order valence-corrected chi connectivity index (χ0v) is 34.6. The number of imidazole rings is 1. The number of hydrogen-bond donors (Lipinski definition) is 0. The molecule has 0 radical (unpaired) electrons. The van der Waals surface area contributed by atoms with Gasteiger partial charge in [-0.15, -0.1) is 0 Å². The molecule has 0 unspecified atom stereocenters. The van der Waals surface area contributed by atoms with E-state index in [9.17, 15) is 18.5 Å². The zero-order chi connectivity index (χ0) is 40.3. The molecule has 13 heteroatoms. The molecule has 8 rings (SSSR count). The summed E-state index contributed by atoms with van der Waals surface area (Å²) in [6.07, 6.45) is 6.81. The summed E-state index contributed by atoms with van der Waals surface area (Å²) in [5.74, 6) is 0.975. The van der Waals surface area contributed by atoms with Gasteiger partial charge in [-0.3, -0.25) is 13.9 Å². The van der Waals surface area contributed by atoms with Gasteiger partial charge in [-0.1, -0.05) is 19.9 Å². The van der Waals surface area contributed by atoms with Crippen LogP contribution < -0.4 is 15.7 Å². The Kier molecular flexibility index (Phi) is 10.1. The largest absolute Gasteiger partial charge is 0.496 e. The second-order valence-corrected chi connectivity index (χ2v) is 18.9. The van der Waals surface area contributed by atoms with Crippen molar-refractivity contribution in [1.29, 1.82) is 0 Å². The van der Waals surface area contributed by atoms with E-state index in [-0.39, 0.29) is 17.4 Å². The van der Waals surface area contributed by atoms with Crippen LogP contribution in [0.4, 0.5) is 4.39 Å². The molecule has 2 aliphatic heterocycles. The van der Waals surface area contributed by atoms with Crippen molar-refractivity contribution in [2.45, 2.75) is 65.8 Å². The fraction of sp³-hybridized carbons (Fsp3) is 0.386. The van der Waals surface area contributed by atoms with Gasteiger partial charge >= 0.3 is 5.69 Å². The van der Waals surface area contributed by atoms with Gasteiger partial charge in [0.2, 0.25) is 0 Å². The molecule has 298 valence electrons. The van der Waals surface area contributed by atoms with Gasteiger partial charge < -0.3 is 23.5 Å². The van der Waals surface area contributed by atoms with Crippen LogP contribution in [0, 0.1) is 19.7 Å². The highest BCUT2D eigenvalue weighted by atomic mass is 31.2. The molecule has 0 spiro atoms. The van der Waals surface area contributed by atoms with Crippen molar-refractivity contribution < 1.29 is 23.2 Å². The van der Waals surface area contributed by atoms with Gasteiger partial charge in [-0.05, 0) is 98.7 Å². The Bertz CT molecular complexity index is 2620. The lowest BCUT2D eigenvalue weighted by Gasteiger charge is -2.33. The molecule has 11 nitrogen and oxygen atoms in total. The summed E-state index contributed by atoms with van der Waals surface area (Å²) in [6.45, 7) is 11.2.